The van der Waals surface area contributed by atoms with Crippen molar-refractivity contribution < 1.29 is 14.8 Å². The molecule has 0 saturated carbocycles. The molecule has 2 heterocycles. The minimum atomic E-state index is -1.47. The second kappa shape index (κ2) is 5.17. The molecule has 126 valence electrons. The second-order valence-corrected chi connectivity index (χ2v) is 6.59. The van der Waals surface area contributed by atoms with Gasteiger partial charge >= 0.3 is 0 Å². The molecule has 1 aliphatic rings. The Morgan fingerprint density at radius 1 is 1.25 bits per heavy atom. The van der Waals surface area contributed by atoms with Crippen LogP contribution in [0.15, 0.2) is 47.4 Å². The highest BCUT2D eigenvalue weighted by Gasteiger charge is 2.54. The number of nitro benzene ring substituents is 1. The maximum Gasteiger partial charge on any atom is 0.270 e. The SMILES string of the molecule is CC1(C)Oc2ccc([N+](=O)[O-])cc2[C@@H](n2ccccc2=O)[C@]1(C)O. The zero-order chi connectivity index (χ0) is 17.7. The Morgan fingerprint density at radius 2 is 1.96 bits per heavy atom. The zero-order valence-electron chi connectivity index (χ0n) is 13.6. The van der Waals surface area contributed by atoms with Gasteiger partial charge in [-0.2, -0.15) is 0 Å². The van der Waals surface area contributed by atoms with E-state index in [9.17, 15) is 20.0 Å². The molecule has 7 nitrogen and oxygen atoms in total. The lowest BCUT2D eigenvalue weighted by molar-refractivity contribution is -0.385. The highest BCUT2D eigenvalue weighted by molar-refractivity contribution is 5.49. The summed E-state index contributed by atoms with van der Waals surface area (Å²) in [7, 11) is 0. The summed E-state index contributed by atoms with van der Waals surface area (Å²) < 4.78 is 7.25. The summed E-state index contributed by atoms with van der Waals surface area (Å²) in [6.45, 7) is 5.01. The minimum Gasteiger partial charge on any atom is -0.484 e. The molecular weight excluding hydrogens is 312 g/mol. The van der Waals surface area contributed by atoms with Crippen LogP contribution < -0.4 is 10.3 Å². The standard InChI is InChI=1S/C17H18N2O5/c1-16(2)17(3,21)15(18-9-5-4-6-14(18)20)12-10-11(19(22)23)7-8-13(12)24-16/h4-10,15,21H,1-3H3/t15-,17+/m1/s1. The summed E-state index contributed by atoms with van der Waals surface area (Å²) in [5.41, 5.74) is -2.50. The van der Waals surface area contributed by atoms with Crippen LogP contribution >= 0.6 is 0 Å². The molecule has 0 spiro atoms. The Bertz CT molecular complexity index is 869. The van der Waals surface area contributed by atoms with Gasteiger partial charge in [-0.05, 0) is 32.9 Å². The first-order valence-corrected chi connectivity index (χ1v) is 7.52. The van der Waals surface area contributed by atoms with E-state index in [0.29, 0.717) is 11.3 Å². The van der Waals surface area contributed by atoms with Crippen LogP contribution in [0.4, 0.5) is 5.69 Å². The topological polar surface area (TPSA) is 94.6 Å². The third kappa shape index (κ3) is 2.28. The molecule has 2 atom stereocenters. The first-order chi connectivity index (χ1) is 11.1. The second-order valence-electron chi connectivity index (χ2n) is 6.59. The third-order valence-electron chi connectivity index (χ3n) is 4.74. The summed E-state index contributed by atoms with van der Waals surface area (Å²) in [5, 5.41) is 22.3. The van der Waals surface area contributed by atoms with Gasteiger partial charge < -0.3 is 14.4 Å². The lowest BCUT2D eigenvalue weighted by atomic mass is 9.75. The zero-order valence-corrected chi connectivity index (χ0v) is 13.6. The van der Waals surface area contributed by atoms with E-state index in [1.165, 1.54) is 28.8 Å². The van der Waals surface area contributed by atoms with Crippen molar-refractivity contribution in [2.45, 2.75) is 38.0 Å². The van der Waals surface area contributed by atoms with Crippen LogP contribution in [0.5, 0.6) is 5.75 Å². The molecule has 0 amide bonds. The fourth-order valence-electron chi connectivity index (χ4n) is 3.04. The van der Waals surface area contributed by atoms with Gasteiger partial charge in [0.1, 0.15) is 17.0 Å². The normalized spacial score (nSPS) is 24.8. The summed E-state index contributed by atoms with van der Waals surface area (Å²) in [4.78, 5) is 22.9. The predicted octanol–water partition coefficient (Wildman–Crippen LogP) is 2.27. The van der Waals surface area contributed by atoms with E-state index in [1.54, 1.807) is 39.1 Å². The van der Waals surface area contributed by atoms with Crippen molar-refractivity contribution in [2.75, 3.05) is 0 Å². The summed E-state index contributed by atoms with van der Waals surface area (Å²) in [5.74, 6) is 0.415. The number of hydrogen-bond acceptors (Lipinski definition) is 5. The minimum absolute atomic E-state index is 0.123. The molecular formula is C17H18N2O5. The molecule has 1 aromatic heterocycles. The molecule has 0 unspecified atom stereocenters. The van der Waals surface area contributed by atoms with Crippen molar-refractivity contribution in [3.63, 3.8) is 0 Å². The van der Waals surface area contributed by atoms with E-state index in [1.807, 2.05) is 0 Å². The Labute approximate surface area is 138 Å². The van der Waals surface area contributed by atoms with Crippen molar-refractivity contribution in [3.05, 3.63) is 68.6 Å². The lowest BCUT2D eigenvalue weighted by Gasteiger charge is -2.49. The molecule has 0 aliphatic carbocycles. The van der Waals surface area contributed by atoms with Gasteiger partial charge in [0.05, 0.1) is 11.0 Å². The molecule has 0 saturated heterocycles. The maximum absolute atomic E-state index is 12.3. The van der Waals surface area contributed by atoms with Gasteiger partial charge in [0.2, 0.25) is 0 Å². The van der Waals surface area contributed by atoms with Crippen LogP contribution in [0.2, 0.25) is 0 Å². The summed E-state index contributed by atoms with van der Waals surface area (Å²) >= 11 is 0. The molecule has 1 aliphatic heterocycles. The van der Waals surface area contributed by atoms with Crippen molar-refractivity contribution >= 4 is 5.69 Å². The number of ether oxygens (including phenoxy) is 1. The van der Waals surface area contributed by atoms with Gasteiger partial charge in [-0.1, -0.05) is 6.07 Å². The molecule has 24 heavy (non-hydrogen) atoms. The number of non-ortho nitro benzene ring substituents is 1. The van der Waals surface area contributed by atoms with Gasteiger partial charge in [-0.15, -0.1) is 0 Å². The van der Waals surface area contributed by atoms with Crippen LogP contribution in [-0.2, 0) is 0 Å². The smallest absolute Gasteiger partial charge is 0.270 e. The third-order valence-corrected chi connectivity index (χ3v) is 4.74. The fourth-order valence-corrected chi connectivity index (χ4v) is 3.04. The number of rotatable bonds is 2. The van der Waals surface area contributed by atoms with Gasteiger partial charge in [0.15, 0.2) is 0 Å². The first-order valence-electron chi connectivity index (χ1n) is 7.52. The van der Waals surface area contributed by atoms with Crippen LogP contribution in [-0.4, -0.2) is 25.8 Å². The quantitative estimate of drug-likeness (QED) is 0.673. The van der Waals surface area contributed by atoms with Crippen LogP contribution in [0.3, 0.4) is 0 Å². The lowest BCUT2D eigenvalue weighted by Crippen LogP contribution is -2.60. The summed E-state index contributed by atoms with van der Waals surface area (Å²) in [6, 6.07) is 8.05. The van der Waals surface area contributed by atoms with Crippen LogP contribution in [0.25, 0.3) is 0 Å². The van der Waals surface area contributed by atoms with Crippen molar-refractivity contribution in [3.8, 4) is 5.75 Å². The van der Waals surface area contributed by atoms with Crippen molar-refractivity contribution in [1.29, 1.82) is 0 Å². The van der Waals surface area contributed by atoms with Crippen LogP contribution in [0.1, 0.15) is 32.4 Å². The Balaban J connectivity index is 2.32. The number of fused-ring (bicyclic) bond motifs is 1. The number of nitro groups is 1. The van der Waals surface area contributed by atoms with Gasteiger partial charge in [-0.25, -0.2) is 0 Å². The van der Waals surface area contributed by atoms with E-state index in [-0.39, 0.29) is 11.2 Å². The fraction of sp³-hybridized carbons (Fsp3) is 0.353. The monoisotopic (exact) mass is 330 g/mol. The van der Waals surface area contributed by atoms with E-state index in [0.717, 1.165) is 0 Å². The highest BCUT2D eigenvalue weighted by Crippen LogP contribution is 2.48. The molecule has 2 aromatic rings. The first kappa shape index (κ1) is 16.2. The Kier molecular flexibility index (Phi) is 3.49. The van der Waals surface area contributed by atoms with E-state index < -0.39 is 22.2 Å². The Hall–Kier alpha value is -2.67. The molecule has 0 bridgehead atoms. The number of nitrogens with zero attached hydrogens (tertiary/aromatic N) is 2. The van der Waals surface area contributed by atoms with E-state index in [2.05, 4.69) is 0 Å². The van der Waals surface area contributed by atoms with E-state index in [4.69, 9.17) is 4.74 Å². The Morgan fingerprint density at radius 3 is 2.58 bits per heavy atom. The predicted molar refractivity (Wildman–Crippen MR) is 87.3 cm³/mol. The molecule has 0 radical (unpaired) electrons. The number of benzene rings is 1. The largest absolute Gasteiger partial charge is 0.484 e. The number of aromatic nitrogens is 1. The van der Waals surface area contributed by atoms with Crippen LogP contribution in [0, 0.1) is 10.1 Å². The average molecular weight is 330 g/mol. The highest BCUT2D eigenvalue weighted by atomic mass is 16.6. The molecule has 3 rings (SSSR count). The number of aliphatic hydroxyl groups is 1. The molecule has 1 N–H and O–H groups in total. The number of hydrogen-bond donors (Lipinski definition) is 1. The van der Waals surface area contributed by atoms with Gasteiger partial charge in [-0.3, -0.25) is 14.9 Å². The van der Waals surface area contributed by atoms with E-state index >= 15 is 0 Å². The molecule has 1 aromatic carbocycles. The van der Waals surface area contributed by atoms with Crippen molar-refractivity contribution in [2.24, 2.45) is 0 Å². The van der Waals surface area contributed by atoms with Gasteiger partial charge in [0.25, 0.3) is 11.2 Å². The summed E-state index contributed by atoms with van der Waals surface area (Å²) in [6.07, 6.45) is 1.56. The van der Waals surface area contributed by atoms with Crippen molar-refractivity contribution in [1.82, 2.24) is 4.57 Å². The molecule has 0 fully saturated rings. The average Bonchev–Trinajstić information content (AvgIpc) is 2.49. The number of pyridine rings is 1. The van der Waals surface area contributed by atoms with Gasteiger partial charge in [0, 0.05) is 30.0 Å². The maximum atomic E-state index is 12.3. The molecule has 7 heteroatoms.